The van der Waals surface area contributed by atoms with Crippen molar-refractivity contribution >= 4 is 16.8 Å². The monoisotopic (exact) mass is 246 g/mol. The van der Waals surface area contributed by atoms with Crippen molar-refractivity contribution in [1.29, 1.82) is 0 Å². The summed E-state index contributed by atoms with van der Waals surface area (Å²) in [6, 6.07) is 8.17. The lowest BCUT2D eigenvalue weighted by atomic mass is 10.1. The van der Waals surface area contributed by atoms with E-state index in [0.29, 0.717) is 19.4 Å². The molecule has 0 aliphatic carbocycles. The zero-order valence-corrected chi connectivity index (χ0v) is 10.4. The SMILES string of the molecule is CC(O)CNC(=O)CCc1ccc2[nH]ccc2c1. The zero-order valence-electron chi connectivity index (χ0n) is 10.4. The van der Waals surface area contributed by atoms with Crippen LogP contribution in [0, 0.1) is 0 Å². The van der Waals surface area contributed by atoms with Crippen molar-refractivity contribution in [3.05, 3.63) is 36.0 Å². The fourth-order valence-corrected chi connectivity index (χ4v) is 1.87. The van der Waals surface area contributed by atoms with Crippen LogP contribution in [0.25, 0.3) is 10.9 Å². The number of aromatic amines is 1. The molecule has 1 aromatic carbocycles. The first-order valence-corrected chi connectivity index (χ1v) is 6.16. The van der Waals surface area contributed by atoms with Gasteiger partial charge in [0.1, 0.15) is 0 Å². The molecule has 18 heavy (non-hydrogen) atoms. The number of aliphatic hydroxyl groups excluding tert-OH is 1. The summed E-state index contributed by atoms with van der Waals surface area (Å²) < 4.78 is 0. The number of fused-ring (bicyclic) bond motifs is 1. The van der Waals surface area contributed by atoms with Crippen molar-refractivity contribution in [3.8, 4) is 0 Å². The molecule has 1 unspecified atom stereocenters. The van der Waals surface area contributed by atoms with Crippen LogP contribution in [0.4, 0.5) is 0 Å². The third kappa shape index (κ3) is 3.34. The van der Waals surface area contributed by atoms with Crippen LogP contribution in [-0.4, -0.2) is 28.6 Å². The second kappa shape index (κ2) is 5.69. The Morgan fingerprint density at radius 3 is 3.06 bits per heavy atom. The van der Waals surface area contributed by atoms with Gasteiger partial charge in [-0.05, 0) is 42.5 Å². The van der Waals surface area contributed by atoms with Gasteiger partial charge < -0.3 is 15.4 Å². The van der Waals surface area contributed by atoms with E-state index < -0.39 is 6.10 Å². The quantitative estimate of drug-likeness (QED) is 0.750. The third-order valence-electron chi connectivity index (χ3n) is 2.85. The van der Waals surface area contributed by atoms with Gasteiger partial charge in [0, 0.05) is 24.7 Å². The normalized spacial score (nSPS) is 12.6. The van der Waals surface area contributed by atoms with Gasteiger partial charge in [-0.25, -0.2) is 0 Å². The number of hydrogen-bond acceptors (Lipinski definition) is 2. The standard InChI is InChI=1S/C14H18N2O2/c1-10(17)9-16-14(18)5-3-11-2-4-13-12(8-11)6-7-15-13/h2,4,6-8,10,15,17H,3,5,9H2,1H3,(H,16,18). The first kappa shape index (κ1) is 12.6. The maximum Gasteiger partial charge on any atom is 0.220 e. The van der Waals surface area contributed by atoms with Gasteiger partial charge in [0.2, 0.25) is 5.91 Å². The highest BCUT2D eigenvalue weighted by Gasteiger charge is 2.04. The number of aryl methyl sites for hydroxylation is 1. The molecule has 0 fully saturated rings. The van der Waals surface area contributed by atoms with E-state index >= 15 is 0 Å². The number of aliphatic hydroxyl groups is 1. The molecule has 4 nitrogen and oxygen atoms in total. The summed E-state index contributed by atoms with van der Waals surface area (Å²) in [7, 11) is 0. The van der Waals surface area contributed by atoms with Crippen LogP contribution in [0.5, 0.6) is 0 Å². The van der Waals surface area contributed by atoms with Crippen LogP contribution in [0.3, 0.4) is 0 Å². The second-order valence-electron chi connectivity index (χ2n) is 4.55. The van der Waals surface area contributed by atoms with E-state index in [2.05, 4.69) is 16.4 Å². The smallest absolute Gasteiger partial charge is 0.220 e. The predicted octanol–water partition coefficient (Wildman–Crippen LogP) is 1.60. The van der Waals surface area contributed by atoms with E-state index in [-0.39, 0.29) is 5.91 Å². The van der Waals surface area contributed by atoms with Crippen molar-refractivity contribution in [2.24, 2.45) is 0 Å². The Kier molecular flexibility index (Phi) is 3.99. The van der Waals surface area contributed by atoms with E-state index in [9.17, 15) is 4.79 Å². The highest BCUT2D eigenvalue weighted by Crippen LogP contribution is 2.15. The van der Waals surface area contributed by atoms with Crippen LogP contribution in [0.1, 0.15) is 18.9 Å². The Morgan fingerprint density at radius 1 is 1.44 bits per heavy atom. The topological polar surface area (TPSA) is 65.1 Å². The van der Waals surface area contributed by atoms with Crippen LogP contribution >= 0.6 is 0 Å². The molecule has 0 radical (unpaired) electrons. The fourth-order valence-electron chi connectivity index (χ4n) is 1.87. The predicted molar refractivity (Wildman–Crippen MR) is 71.3 cm³/mol. The lowest BCUT2D eigenvalue weighted by Crippen LogP contribution is -2.30. The summed E-state index contributed by atoms with van der Waals surface area (Å²) in [5.41, 5.74) is 2.26. The van der Waals surface area contributed by atoms with Crippen molar-refractivity contribution < 1.29 is 9.90 Å². The van der Waals surface area contributed by atoms with E-state index in [1.54, 1.807) is 6.92 Å². The second-order valence-corrected chi connectivity index (χ2v) is 4.55. The highest BCUT2D eigenvalue weighted by molar-refractivity contribution is 5.80. The average molecular weight is 246 g/mol. The van der Waals surface area contributed by atoms with Crippen molar-refractivity contribution in [2.45, 2.75) is 25.9 Å². The van der Waals surface area contributed by atoms with Gasteiger partial charge in [0.05, 0.1) is 6.10 Å². The van der Waals surface area contributed by atoms with Gasteiger partial charge in [-0.15, -0.1) is 0 Å². The minimum Gasteiger partial charge on any atom is -0.392 e. The number of aromatic nitrogens is 1. The summed E-state index contributed by atoms with van der Waals surface area (Å²) in [6.45, 7) is 1.97. The summed E-state index contributed by atoms with van der Waals surface area (Å²) in [4.78, 5) is 14.6. The highest BCUT2D eigenvalue weighted by atomic mass is 16.3. The average Bonchev–Trinajstić information content (AvgIpc) is 2.81. The van der Waals surface area contributed by atoms with Gasteiger partial charge in [-0.1, -0.05) is 6.07 Å². The minimum absolute atomic E-state index is 0.0231. The lowest BCUT2D eigenvalue weighted by molar-refractivity contribution is -0.121. The van der Waals surface area contributed by atoms with Crippen LogP contribution in [-0.2, 0) is 11.2 Å². The molecular formula is C14H18N2O2. The molecule has 0 aliphatic heterocycles. The van der Waals surface area contributed by atoms with Crippen LogP contribution < -0.4 is 5.32 Å². The first-order valence-electron chi connectivity index (χ1n) is 6.16. The molecule has 0 saturated heterocycles. The molecule has 0 bridgehead atoms. The molecule has 1 amide bonds. The summed E-state index contributed by atoms with van der Waals surface area (Å²) in [5.74, 6) is -0.0231. The number of amides is 1. The number of H-pyrrole nitrogens is 1. The summed E-state index contributed by atoms with van der Waals surface area (Å²) in [5, 5.41) is 12.9. The third-order valence-corrected chi connectivity index (χ3v) is 2.85. The number of rotatable bonds is 5. The maximum absolute atomic E-state index is 11.5. The number of hydrogen-bond donors (Lipinski definition) is 3. The largest absolute Gasteiger partial charge is 0.392 e. The number of benzene rings is 1. The Balaban J connectivity index is 1.87. The van der Waals surface area contributed by atoms with Crippen LogP contribution in [0.15, 0.2) is 30.5 Å². The zero-order chi connectivity index (χ0) is 13.0. The molecule has 4 heteroatoms. The van der Waals surface area contributed by atoms with E-state index in [0.717, 1.165) is 16.5 Å². The number of nitrogens with one attached hydrogen (secondary N) is 2. The van der Waals surface area contributed by atoms with E-state index in [1.165, 1.54) is 0 Å². The Morgan fingerprint density at radius 2 is 2.28 bits per heavy atom. The fraction of sp³-hybridized carbons (Fsp3) is 0.357. The van der Waals surface area contributed by atoms with Gasteiger partial charge >= 0.3 is 0 Å². The minimum atomic E-state index is -0.495. The molecule has 0 saturated carbocycles. The van der Waals surface area contributed by atoms with Crippen molar-refractivity contribution in [2.75, 3.05) is 6.54 Å². The van der Waals surface area contributed by atoms with E-state index in [4.69, 9.17) is 5.11 Å². The Bertz CT molecular complexity index is 531. The number of carbonyl (C=O) groups excluding carboxylic acids is 1. The van der Waals surface area contributed by atoms with Gasteiger partial charge in [0.25, 0.3) is 0 Å². The maximum atomic E-state index is 11.5. The summed E-state index contributed by atoms with van der Waals surface area (Å²) in [6.07, 6.45) is 2.57. The van der Waals surface area contributed by atoms with Gasteiger partial charge in [-0.2, -0.15) is 0 Å². The molecule has 2 rings (SSSR count). The molecule has 0 spiro atoms. The molecule has 1 aromatic heterocycles. The van der Waals surface area contributed by atoms with Gasteiger partial charge in [0.15, 0.2) is 0 Å². The first-order chi connectivity index (χ1) is 8.65. The molecule has 1 atom stereocenters. The Hall–Kier alpha value is -1.81. The lowest BCUT2D eigenvalue weighted by Gasteiger charge is -2.07. The Labute approximate surface area is 106 Å². The molecular weight excluding hydrogens is 228 g/mol. The molecule has 96 valence electrons. The molecule has 1 heterocycles. The van der Waals surface area contributed by atoms with Gasteiger partial charge in [-0.3, -0.25) is 4.79 Å². The summed E-state index contributed by atoms with van der Waals surface area (Å²) >= 11 is 0. The van der Waals surface area contributed by atoms with Crippen molar-refractivity contribution in [3.63, 3.8) is 0 Å². The van der Waals surface area contributed by atoms with Crippen LogP contribution in [0.2, 0.25) is 0 Å². The molecule has 2 aromatic rings. The molecule has 3 N–H and O–H groups in total. The number of carbonyl (C=O) groups is 1. The van der Waals surface area contributed by atoms with E-state index in [1.807, 2.05) is 24.4 Å². The molecule has 0 aliphatic rings. The van der Waals surface area contributed by atoms with Crippen molar-refractivity contribution in [1.82, 2.24) is 10.3 Å².